The molecule has 1 rings (SSSR count). The average molecular weight is 385 g/mol. The normalized spacial score (nSPS) is 12.9. The number of carbonyl (C=O) groups excluding carboxylic acids is 1. The van der Waals surface area contributed by atoms with Crippen molar-refractivity contribution in [3.05, 3.63) is 4.60 Å². The van der Waals surface area contributed by atoms with Gasteiger partial charge in [-0.05, 0) is 22.4 Å². The molecular weight excluding hydrogens is 372 g/mol. The Morgan fingerprint density at radius 1 is 1.52 bits per heavy atom. The number of ether oxygens (including phenoxy) is 1. The van der Waals surface area contributed by atoms with E-state index in [-0.39, 0.29) is 22.5 Å². The molecule has 0 fully saturated rings. The fraction of sp³-hybridized carbons (Fsp3) is 0.556. The van der Waals surface area contributed by atoms with Gasteiger partial charge in [-0.1, -0.05) is 5.21 Å². The number of halogens is 1. The number of aryl methyl sites for hydroxylation is 1. The van der Waals surface area contributed by atoms with Crippen LogP contribution >= 0.6 is 15.9 Å². The molecule has 0 aliphatic rings. The number of rotatable bonds is 7. The fourth-order valence-electron chi connectivity index (χ4n) is 1.45. The second-order valence-corrected chi connectivity index (χ2v) is 6.32. The number of aromatic nitrogens is 3. The Hall–Kier alpha value is -1.53. The van der Waals surface area contributed by atoms with E-state index in [0.29, 0.717) is 0 Å². The lowest BCUT2D eigenvalue weighted by atomic mass is 10.2. The maximum Gasteiger partial charge on any atom is 0.321 e. The van der Waals surface area contributed by atoms with Gasteiger partial charge in [-0.2, -0.15) is 4.72 Å². The van der Waals surface area contributed by atoms with Crippen molar-refractivity contribution >= 4 is 37.9 Å². The molecule has 0 aliphatic carbocycles. The van der Waals surface area contributed by atoms with E-state index in [9.17, 15) is 18.0 Å². The van der Waals surface area contributed by atoms with E-state index < -0.39 is 28.0 Å². The van der Waals surface area contributed by atoms with Gasteiger partial charge in [-0.3, -0.25) is 9.59 Å². The molecule has 118 valence electrons. The van der Waals surface area contributed by atoms with E-state index in [2.05, 4.69) is 31.0 Å². The smallest absolute Gasteiger partial charge is 0.321 e. The maximum atomic E-state index is 12.1. The lowest BCUT2D eigenvalue weighted by Crippen LogP contribution is -2.41. The summed E-state index contributed by atoms with van der Waals surface area (Å²) in [6.07, 6.45) is -0.481. The Labute approximate surface area is 128 Å². The summed E-state index contributed by atoms with van der Waals surface area (Å²) < 4.78 is 31.6. The molecule has 12 heteroatoms. The number of nitrogens with zero attached hydrogens (tertiary/aromatic N) is 3. The van der Waals surface area contributed by atoms with Gasteiger partial charge in [0.2, 0.25) is 5.03 Å². The lowest BCUT2D eigenvalue weighted by molar-refractivity contribution is -0.142. The number of methoxy groups -OCH3 is 1. The summed E-state index contributed by atoms with van der Waals surface area (Å²) in [7, 11) is -1.67. The summed E-state index contributed by atoms with van der Waals surface area (Å²) in [5.41, 5.74) is 0. The van der Waals surface area contributed by atoms with Gasteiger partial charge in [0, 0.05) is 13.5 Å². The van der Waals surface area contributed by atoms with Crippen LogP contribution in [-0.4, -0.2) is 53.6 Å². The molecule has 0 amide bonds. The largest absolute Gasteiger partial charge is 0.480 e. The van der Waals surface area contributed by atoms with E-state index >= 15 is 0 Å². The van der Waals surface area contributed by atoms with Crippen LogP contribution in [0.1, 0.15) is 12.8 Å². The number of sulfonamides is 1. The Bertz CT molecular complexity index is 623. The summed E-state index contributed by atoms with van der Waals surface area (Å²) in [6.45, 7) is 0. The number of aliphatic carboxylic acids is 1. The highest BCUT2D eigenvalue weighted by Crippen LogP contribution is 2.18. The van der Waals surface area contributed by atoms with Gasteiger partial charge < -0.3 is 9.84 Å². The molecule has 10 nitrogen and oxygen atoms in total. The van der Waals surface area contributed by atoms with Crippen LogP contribution in [0.25, 0.3) is 0 Å². The van der Waals surface area contributed by atoms with Crippen LogP contribution in [0, 0.1) is 0 Å². The van der Waals surface area contributed by atoms with Gasteiger partial charge in [-0.25, -0.2) is 13.1 Å². The number of carboxylic acid groups (broad SMARTS) is 1. The number of hydrogen-bond donors (Lipinski definition) is 2. The van der Waals surface area contributed by atoms with E-state index in [1.807, 2.05) is 4.72 Å². The van der Waals surface area contributed by atoms with Crippen molar-refractivity contribution in [2.24, 2.45) is 7.05 Å². The molecule has 0 saturated carbocycles. The van der Waals surface area contributed by atoms with Crippen LogP contribution in [0.3, 0.4) is 0 Å². The molecule has 2 N–H and O–H groups in total. The van der Waals surface area contributed by atoms with Crippen LogP contribution in [-0.2, 0) is 31.4 Å². The van der Waals surface area contributed by atoms with Gasteiger partial charge in [0.1, 0.15) is 6.04 Å². The molecule has 1 atom stereocenters. The van der Waals surface area contributed by atoms with E-state index in [1.54, 1.807) is 0 Å². The van der Waals surface area contributed by atoms with Gasteiger partial charge in [0.25, 0.3) is 10.0 Å². The van der Waals surface area contributed by atoms with E-state index in [0.717, 1.165) is 11.8 Å². The summed E-state index contributed by atoms with van der Waals surface area (Å²) in [4.78, 5) is 22.1. The van der Waals surface area contributed by atoms with Crippen molar-refractivity contribution in [3.63, 3.8) is 0 Å². The summed E-state index contributed by atoms with van der Waals surface area (Å²) in [6, 6.07) is -1.48. The molecule has 0 aromatic carbocycles. The molecule has 21 heavy (non-hydrogen) atoms. The predicted octanol–water partition coefficient (Wildman–Crippen LogP) is -0.738. The first-order valence-corrected chi connectivity index (χ1v) is 7.83. The van der Waals surface area contributed by atoms with Crippen molar-refractivity contribution in [1.29, 1.82) is 0 Å². The number of hydrogen-bond acceptors (Lipinski definition) is 7. The van der Waals surface area contributed by atoms with Crippen LogP contribution in [0.4, 0.5) is 0 Å². The predicted molar refractivity (Wildman–Crippen MR) is 71.7 cm³/mol. The van der Waals surface area contributed by atoms with Gasteiger partial charge in [0.15, 0.2) is 4.60 Å². The third-order valence-electron chi connectivity index (χ3n) is 2.45. The molecule has 1 aromatic rings. The van der Waals surface area contributed by atoms with Gasteiger partial charge in [-0.15, -0.1) is 5.10 Å². The second kappa shape index (κ2) is 6.95. The number of nitrogens with one attached hydrogen (secondary N) is 1. The Kier molecular flexibility index (Phi) is 5.80. The lowest BCUT2D eigenvalue weighted by Gasteiger charge is -2.14. The monoisotopic (exact) mass is 384 g/mol. The Balaban J connectivity index is 2.93. The first kappa shape index (κ1) is 17.5. The minimum atomic E-state index is -4.17. The molecule has 0 unspecified atom stereocenters. The second-order valence-electron chi connectivity index (χ2n) is 3.94. The summed E-state index contributed by atoms with van der Waals surface area (Å²) >= 11 is 2.92. The number of carbonyl (C=O) groups is 2. The average Bonchev–Trinajstić information content (AvgIpc) is 2.73. The number of esters is 1. The van der Waals surface area contributed by atoms with Crippen LogP contribution in [0.2, 0.25) is 0 Å². The molecule has 0 saturated heterocycles. The SMILES string of the molecule is COC(=O)CC[C@H](NS(=O)(=O)c1c(Br)nnn1C)C(=O)O. The maximum absolute atomic E-state index is 12.1. The molecule has 1 aromatic heterocycles. The minimum absolute atomic E-state index is 0.0467. The van der Waals surface area contributed by atoms with Gasteiger partial charge in [0.05, 0.1) is 7.11 Å². The first-order chi connectivity index (χ1) is 9.69. The highest BCUT2D eigenvalue weighted by atomic mass is 79.9. The van der Waals surface area contributed by atoms with Crippen molar-refractivity contribution < 1.29 is 27.9 Å². The van der Waals surface area contributed by atoms with Crippen LogP contribution < -0.4 is 4.72 Å². The summed E-state index contributed by atoms with van der Waals surface area (Å²) in [5.74, 6) is -2.04. The Morgan fingerprint density at radius 2 is 2.14 bits per heavy atom. The third-order valence-corrected chi connectivity index (χ3v) is 4.81. The zero-order valence-electron chi connectivity index (χ0n) is 11.1. The minimum Gasteiger partial charge on any atom is -0.480 e. The van der Waals surface area contributed by atoms with E-state index in [4.69, 9.17) is 5.11 Å². The van der Waals surface area contributed by atoms with Crippen LogP contribution in [0.5, 0.6) is 0 Å². The van der Waals surface area contributed by atoms with Crippen LogP contribution in [0.15, 0.2) is 9.63 Å². The standard InChI is InChI=1S/C9H13BrN4O6S/c1-14-8(7(10)11-13-14)21(18,19)12-5(9(16)17)3-4-6(15)20-2/h5,12H,3-4H2,1-2H3,(H,16,17)/t5-/m0/s1. The topological polar surface area (TPSA) is 140 Å². The quantitative estimate of drug-likeness (QED) is 0.585. The third kappa shape index (κ3) is 4.47. The first-order valence-electron chi connectivity index (χ1n) is 5.56. The van der Waals surface area contributed by atoms with Crippen molar-refractivity contribution in [3.8, 4) is 0 Å². The highest BCUT2D eigenvalue weighted by Gasteiger charge is 2.30. The number of carboxylic acids is 1. The zero-order valence-corrected chi connectivity index (χ0v) is 13.5. The Morgan fingerprint density at radius 3 is 2.57 bits per heavy atom. The van der Waals surface area contributed by atoms with Crippen molar-refractivity contribution in [2.75, 3.05) is 7.11 Å². The molecule has 0 radical (unpaired) electrons. The molecular formula is C9H13BrN4O6S. The van der Waals surface area contributed by atoms with Crippen molar-refractivity contribution in [1.82, 2.24) is 19.7 Å². The highest BCUT2D eigenvalue weighted by molar-refractivity contribution is 9.10. The summed E-state index contributed by atoms with van der Waals surface area (Å²) in [5, 5.41) is 15.7. The molecule has 0 bridgehead atoms. The van der Waals surface area contributed by atoms with E-state index in [1.165, 1.54) is 7.05 Å². The zero-order chi connectivity index (χ0) is 16.2. The molecule has 0 aliphatic heterocycles. The van der Waals surface area contributed by atoms with Crippen molar-refractivity contribution in [2.45, 2.75) is 23.9 Å². The van der Waals surface area contributed by atoms with Gasteiger partial charge >= 0.3 is 11.9 Å². The fourth-order valence-corrected chi connectivity index (χ4v) is 3.77. The molecule has 0 spiro atoms. The molecule has 1 heterocycles.